The molecule has 126 valence electrons. The van der Waals surface area contributed by atoms with Crippen LogP contribution in [-0.2, 0) is 16.0 Å². The summed E-state index contributed by atoms with van der Waals surface area (Å²) < 4.78 is 17.5. The number of benzene rings is 1. The van der Waals surface area contributed by atoms with Crippen LogP contribution in [0.1, 0.15) is 5.56 Å². The van der Waals surface area contributed by atoms with E-state index in [4.69, 9.17) is 0 Å². The summed E-state index contributed by atoms with van der Waals surface area (Å²) in [5.41, 5.74) is 0.788. The zero-order valence-electron chi connectivity index (χ0n) is 13.3. The predicted molar refractivity (Wildman–Crippen MR) is 83.5 cm³/mol. The SMILES string of the molecule is COC(=O)N1CCN(CCNC(=O)Cc2ccc(F)cc2)CC1. The number of carbonyl (C=O) groups is 2. The summed E-state index contributed by atoms with van der Waals surface area (Å²) in [4.78, 5) is 27.1. The molecule has 23 heavy (non-hydrogen) atoms. The summed E-state index contributed by atoms with van der Waals surface area (Å²) in [6, 6.07) is 5.93. The van der Waals surface area contributed by atoms with Crippen LogP contribution in [0.5, 0.6) is 0 Å². The normalized spacial score (nSPS) is 15.3. The number of piperazine rings is 1. The first kappa shape index (κ1) is 17.2. The van der Waals surface area contributed by atoms with Crippen molar-refractivity contribution in [3.63, 3.8) is 0 Å². The summed E-state index contributed by atoms with van der Waals surface area (Å²) in [5.74, 6) is -0.384. The molecule has 0 aromatic heterocycles. The van der Waals surface area contributed by atoms with Crippen LogP contribution in [0.15, 0.2) is 24.3 Å². The zero-order valence-corrected chi connectivity index (χ0v) is 13.3. The molecule has 2 rings (SSSR count). The van der Waals surface area contributed by atoms with Gasteiger partial charge in [-0.3, -0.25) is 9.69 Å². The fourth-order valence-electron chi connectivity index (χ4n) is 2.49. The van der Waals surface area contributed by atoms with Gasteiger partial charge in [0.25, 0.3) is 0 Å². The van der Waals surface area contributed by atoms with Crippen LogP contribution in [0.25, 0.3) is 0 Å². The second-order valence-corrected chi connectivity index (χ2v) is 5.45. The van der Waals surface area contributed by atoms with E-state index in [1.807, 2.05) is 0 Å². The van der Waals surface area contributed by atoms with E-state index in [1.54, 1.807) is 17.0 Å². The number of rotatable bonds is 5. The molecule has 0 saturated carbocycles. The highest BCUT2D eigenvalue weighted by Gasteiger charge is 2.20. The number of halogens is 1. The van der Waals surface area contributed by atoms with Crippen molar-refractivity contribution in [3.8, 4) is 0 Å². The molecule has 6 nitrogen and oxygen atoms in total. The highest BCUT2D eigenvalue weighted by Crippen LogP contribution is 2.04. The third-order valence-electron chi connectivity index (χ3n) is 3.83. The average molecular weight is 323 g/mol. The van der Waals surface area contributed by atoms with Gasteiger partial charge < -0.3 is 15.0 Å². The van der Waals surface area contributed by atoms with Crippen LogP contribution in [0, 0.1) is 5.82 Å². The van der Waals surface area contributed by atoms with Crippen LogP contribution in [0.4, 0.5) is 9.18 Å². The third-order valence-corrected chi connectivity index (χ3v) is 3.83. The molecule has 0 unspecified atom stereocenters. The van der Waals surface area contributed by atoms with Crippen molar-refractivity contribution in [1.29, 1.82) is 0 Å². The maximum Gasteiger partial charge on any atom is 0.409 e. The van der Waals surface area contributed by atoms with Crippen LogP contribution >= 0.6 is 0 Å². The van der Waals surface area contributed by atoms with E-state index in [1.165, 1.54) is 19.2 Å². The number of hydrogen-bond donors (Lipinski definition) is 1. The van der Waals surface area contributed by atoms with Crippen molar-refractivity contribution in [1.82, 2.24) is 15.1 Å². The van der Waals surface area contributed by atoms with Gasteiger partial charge in [0, 0.05) is 39.3 Å². The largest absolute Gasteiger partial charge is 0.453 e. The van der Waals surface area contributed by atoms with Crippen LogP contribution in [-0.4, -0.2) is 68.2 Å². The number of nitrogens with zero attached hydrogens (tertiary/aromatic N) is 2. The van der Waals surface area contributed by atoms with Gasteiger partial charge in [0.1, 0.15) is 5.82 Å². The number of amides is 2. The van der Waals surface area contributed by atoms with Crippen LogP contribution in [0.2, 0.25) is 0 Å². The van der Waals surface area contributed by atoms with Gasteiger partial charge in [-0.1, -0.05) is 12.1 Å². The first-order valence-corrected chi connectivity index (χ1v) is 7.65. The quantitative estimate of drug-likeness (QED) is 0.873. The van der Waals surface area contributed by atoms with Gasteiger partial charge in [0.05, 0.1) is 13.5 Å². The number of hydrogen-bond acceptors (Lipinski definition) is 4. The zero-order chi connectivity index (χ0) is 16.7. The lowest BCUT2D eigenvalue weighted by atomic mass is 10.1. The van der Waals surface area contributed by atoms with Gasteiger partial charge >= 0.3 is 6.09 Å². The molecular formula is C16H22FN3O3. The smallest absolute Gasteiger partial charge is 0.409 e. The first-order chi connectivity index (χ1) is 11.1. The third kappa shape index (κ3) is 5.52. The Labute approximate surface area is 135 Å². The second-order valence-electron chi connectivity index (χ2n) is 5.45. The molecule has 0 spiro atoms. The summed E-state index contributed by atoms with van der Waals surface area (Å²) in [7, 11) is 1.38. The molecule has 0 atom stereocenters. The predicted octanol–water partition coefficient (Wildman–Crippen LogP) is 0.868. The Kier molecular flexibility index (Phi) is 6.34. The van der Waals surface area contributed by atoms with Gasteiger partial charge in [0.15, 0.2) is 0 Å². The lowest BCUT2D eigenvalue weighted by Crippen LogP contribution is -2.50. The monoisotopic (exact) mass is 323 g/mol. The lowest BCUT2D eigenvalue weighted by Gasteiger charge is -2.33. The molecule has 0 bridgehead atoms. The minimum absolute atomic E-state index is 0.0789. The van der Waals surface area contributed by atoms with Crippen LogP contribution < -0.4 is 5.32 Å². The molecule has 0 aliphatic carbocycles. The topological polar surface area (TPSA) is 61.9 Å². The minimum Gasteiger partial charge on any atom is -0.453 e. The number of methoxy groups -OCH3 is 1. The fourth-order valence-corrected chi connectivity index (χ4v) is 2.49. The van der Waals surface area contributed by atoms with Crippen molar-refractivity contribution in [2.45, 2.75) is 6.42 Å². The highest BCUT2D eigenvalue weighted by molar-refractivity contribution is 5.78. The summed E-state index contributed by atoms with van der Waals surface area (Å²) in [6.45, 7) is 4.10. The molecule has 1 N–H and O–H groups in total. The van der Waals surface area contributed by atoms with Gasteiger partial charge in [-0.25, -0.2) is 9.18 Å². The molecule has 1 saturated heterocycles. The van der Waals surface area contributed by atoms with Gasteiger partial charge in [-0.2, -0.15) is 0 Å². The maximum atomic E-state index is 12.8. The molecular weight excluding hydrogens is 301 g/mol. The van der Waals surface area contributed by atoms with E-state index in [-0.39, 0.29) is 24.2 Å². The molecule has 0 radical (unpaired) electrons. The summed E-state index contributed by atoms with van der Waals surface area (Å²) in [5, 5.41) is 2.86. The standard InChI is InChI=1S/C16H22FN3O3/c1-23-16(22)20-10-8-19(9-11-20)7-6-18-15(21)12-13-2-4-14(17)5-3-13/h2-5H,6-12H2,1H3,(H,18,21). The van der Waals surface area contributed by atoms with E-state index >= 15 is 0 Å². The Balaban J connectivity index is 1.63. The van der Waals surface area contributed by atoms with Gasteiger partial charge in [0.2, 0.25) is 5.91 Å². The highest BCUT2D eigenvalue weighted by atomic mass is 19.1. The summed E-state index contributed by atoms with van der Waals surface area (Å²) >= 11 is 0. The second kappa shape index (κ2) is 8.47. The Morgan fingerprint density at radius 1 is 1.17 bits per heavy atom. The number of nitrogens with one attached hydrogen (secondary N) is 1. The maximum absolute atomic E-state index is 12.8. The summed E-state index contributed by atoms with van der Waals surface area (Å²) in [6.07, 6.45) is -0.0478. The molecule has 1 heterocycles. The molecule has 1 fully saturated rings. The molecule has 1 aromatic carbocycles. The Morgan fingerprint density at radius 3 is 2.43 bits per heavy atom. The van der Waals surface area contributed by atoms with E-state index in [2.05, 4.69) is 15.0 Å². The van der Waals surface area contributed by atoms with Gasteiger partial charge in [-0.05, 0) is 17.7 Å². The Bertz CT molecular complexity index is 528. The van der Waals surface area contributed by atoms with E-state index in [0.717, 1.165) is 25.2 Å². The van der Waals surface area contributed by atoms with E-state index in [9.17, 15) is 14.0 Å². The number of carbonyl (C=O) groups excluding carboxylic acids is 2. The minimum atomic E-state index is -0.305. The van der Waals surface area contributed by atoms with E-state index in [0.29, 0.717) is 19.6 Å². The van der Waals surface area contributed by atoms with E-state index < -0.39 is 0 Å². The molecule has 2 amide bonds. The van der Waals surface area contributed by atoms with Crippen molar-refractivity contribution in [2.24, 2.45) is 0 Å². The Morgan fingerprint density at radius 2 is 1.83 bits per heavy atom. The molecule has 1 aromatic rings. The molecule has 1 aliphatic rings. The fraction of sp³-hybridized carbons (Fsp3) is 0.500. The van der Waals surface area contributed by atoms with Gasteiger partial charge in [-0.15, -0.1) is 0 Å². The van der Waals surface area contributed by atoms with Crippen molar-refractivity contribution >= 4 is 12.0 Å². The van der Waals surface area contributed by atoms with Crippen molar-refractivity contribution in [3.05, 3.63) is 35.6 Å². The first-order valence-electron chi connectivity index (χ1n) is 7.65. The lowest BCUT2D eigenvalue weighted by molar-refractivity contribution is -0.120. The van der Waals surface area contributed by atoms with Crippen LogP contribution in [0.3, 0.4) is 0 Å². The average Bonchev–Trinajstić information content (AvgIpc) is 2.57. The molecule has 1 aliphatic heterocycles. The number of ether oxygens (including phenoxy) is 1. The Hall–Kier alpha value is -2.15. The molecule has 7 heteroatoms. The van der Waals surface area contributed by atoms with Crippen molar-refractivity contribution in [2.75, 3.05) is 46.4 Å². The van der Waals surface area contributed by atoms with Crippen molar-refractivity contribution < 1.29 is 18.7 Å².